The third-order valence-corrected chi connectivity index (χ3v) is 2.40. The van der Waals surface area contributed by atoms with Crippen LogP contribution in [0, 0.1) is 0 Å². The van der Waals surface area contributed by atoms with Gasteiger partial charge in [0.15, 0.2) is 5.56 Å². The summed E-state index contributed by atoms with van der Waals surface area (Å²) in [5, 5.41) is 9.01. The van der Waals surface area contributed by atoms with E-state index in [4.69, 9.17) is 14.6 Å². The Morgan fingerprint density at radius 1 is 1.25 bits per heavy atom. The Hall–Kier alpha value is -1.85. The molecular formula is C10H12N2O4. The Kier molecular flexibility index (Phi) is 2.64. The molecule has 1 aliphatic carbocycles. The minimum atomic E-state index is -1.16. The van der Waals surface area contributed by atoms with E-state index >= 15 is 0 Å². The lowest BCUT2D eigenvalue weighted by molar-refractivity contribution is 0.0687. The highest BCUT2D eigenvalue weighted by atomic mass is 16.5. The lowest BCUT2D eigenvalue weighted by Gasteiger charge is -2.09. The molecule has 0 atom stereocenters. The molecule has 1 fully saturated rings. The number of nitrogens with zero attached hydrogens (tertiary/aromatic N) is 2. The van der Waals surface area contributed by atoms with Crippen LogP contribution in [0.5, 0.6) is 11.8 Å². The third kappa shape index (κ3) is 1.78. The molecule has 86 valence electrons. The van der Waals surface area contributed by atoms with Crippen molar-refractivity contribution in [1.29, 1.82) is 0 Å². The number of carboxylic acid groups (broad SMARTS) is 1. The van der Waals surface area contributed by atoms with Gasteiger partial charge < -0.3 is 14.6 Å². The van der Waals surface area contributed by atoms with Crippen molar-refractivity contribution in [1.82, 2.24) is 9.97 Å². The molecule has 1 saturated carbocycles. The van der Waals surface area contributed by atoms with Gasteiger partial charge >= 0.3 is 5.97 Å². The van der Waals surface area contributed by atoms with Crippen LogP contribution in [0.4, 0.5) is 0 Å². The number of ether oxygens (including phenoxy) is 2. The number of aromatic nitrogens is 2. The van der Waals surface area contributed by atoms with Gasteiger partial charge in [-0.15, -0.1) is 0 Å². The molecule has 0 bridgehead atoms. The second-order valence-electron chi connectivity index (χ2n) is 3.55. The third-order valence-electron chi connectivity index (χ3n) is 2.40. The fourth-order valence-electron chi connectivity index (χ4n) is 1.44. The minimum Gasteiger partial charge on any atom is -0.480 e. The fourth-order valence-corrected chi connectivity index (χ4v) is 1.44. The summed E-state index contributed by atoms with van der Waals surface area (Å²) in [6, 6.07) is 0. The Morgan fingerprint density at radius 3 is 2.06 bits per heavy atom. The van der Waals surface area contributed by atoms with E-state index in [9.17, 15) is 4.79 Å². The number of hydrogen-bond acceptors (Lipinski definition) is 5. The first-order chi connectivity index (χ1) is 7.67. The number of carboxylic acids is 1. The van der Waals surface area contributed by atoms with Gasteiger partial charge in [-0.05, 0) is 12.8 Å². The summed E-state index contributed by atoms with van der Waals surface area (Å²) in [4.78, 5) is 19.2. The van der Waals surface area contributed by atoms with Gasteiger partial charge in [0.05, 0.1) is 14.2 Å². The van der Waals surface area contributed by atoms with Crippen molar-refractivity contribution in [3.05, 3.63) is 11.4 Å². The second-order valence-corrected chi connectivity index (χ2v) is 3.55. The van der Waals surface area contributed by atoms with Gasteiger partial charge in [-0.25, -0.2) is 4.79 Å². The number of carbonyl (C=O) groups is 1. The van der Waals surface area contributed by atoms with E-state index in [-0.39, 0.29) is 17.3 Å². The van der Waals surface area contributed by atoms with Crippen LogP contribution in [0.15, 0.2) is 0 Å². The smallest absolute Gasteiger partial charge is 0.346 e. The second kappa shape index (κ2) is 3.96. The highest BCUT2D eigenvalue weighted by Gasteiger charge is 2.31. The van der Waals surface area contributed by atoms with E-state index in [0.717, 1.165) is 12.8 Å². The SMILES string of the molecule is COc1nc(C2CC2)nc(OC)c1C(=O)O. The molecule has 0 radical (unpaired) electrons. The lowest BCUT2D eigenvalue weighted by atomic mass is 10.3. The Labute approximate surface area is 92.2 Å². The van der Waals surface area contributed by atoms with Crippen LogP contribution >= 0.6 is 0 Å². The normalized spacial score (nSPS) is 14.6. The molecule has 0 aliphatic heterocycles. The predicted octanol–water partition coefficient (Wildman–Crippen LogP) is 1.07. The molecule has 1 N–H and O–H groups in total. The van der Waals surface area contributed by atoms with Crippen LogP contribution in [-0.4, -0.2) is 35.3 Å². The zero-order valence-electron chi connectivity index (χ0n) is 9.06. The first-order valence-corrected chi connectivity index (χ1v) is 4.90. The highest BCUT2D eigenvalue weighted by molar-refractivity contribution is 5.92. The van der Waals surface area contributed by atoms with E-state index in [1.807, 2.05) is 0 Å². The molecule has 0 unspecified atom stereocenters. The number of aromatic carboxylic acids is 1. The van der Waals surface area contributed by atoms with Gasteiger partial charge in [-0.1, -0.05) is 0 Å². The molecule has 1 aromatic heterocycles. The minimum absolute atomic E-state index is 0.0567. The van der Waals surface area contributed by atoms with Crippen LogP contribution in [0.2, 0.25) is 0 Å². The first-order valence-electron chi connectivity index (χ1n) is 4.90. The van der Waals surface area contributed by atoms with E-state index < -0.39 is 5.97 Å². The molecule has 1 aromatic rings. The maximum absolute atomic E-state index is 11.0. The quantitative estimate of drug-likeness (QED) is 0.823. The average molecular weight is 224 g/mol. The maximum Gasteiger partial charge on any atom is 0.346 e. The van der Waals surface area contributed by atoms with Gasteiger partial charge in [0.25, 0.3) is 0 Å². The van der Waals surface area contributed by atoms with Gasteiger partial charge in [0.2, 0.25) is 11.8 Å². The fraction of sp³-hybridized carbons (Fsp3) is 0.500. The van der Waals surface area contributed by atoms with E-state index in [0.29, 0.717) is 11.7 Å². The average Bonchev–Trinajstić information content (AvgIpc) is 3.10. The van der Waals surface area contributed by atoms with Crippen molar-refractivity contribution >= 4 is 5.97 Å². The van der Waals surface area contributed by atoms with Crippen molar-refractivity contribution < 1.29 is 19.4 Å². The van der Waals surface area contributed by atoms with Crippen LogP contribution in [-0.2, 0) is 0 Å². The number of hydrogen-bond donors (Lipinski definition) is 1. The lowest BCUT2D eigenvalue weighted by Crippen LogP contribution is -2.09. The van der Waals surface area contributed by atoms with Crippen molar-refractivity contribution in [2.45, 2.75) is 18.8 Å². The molecule has 0 saturated heterocycles. The van der Waals surface area contributed by atoms with E-state index in [1.54, 1.807) is 0 Å². The standard InChI is InChI=1S/C10H12N2O4/c1-15-8-6(10(13)14)9(16-2)12-7(11-8)5-3-4-5/h5H,3-4H2,1-2H3,(H,13,14). The highest BCUT2D eigenvalue weighted by Crippen LogP contribution is 2.40. The van der Waals surface area contributed by atoms with Crippen LogP contribution in [0.25, 0.3) is 0 Å². The predicted molar refractivity (Wildman–Crippen MR) is 54.1 cm³/mol. The van der Waals surface area contributed by atoms with Crippen LogP contribution < -0.4 is 9.47 Å². The summed E-state index contributed by atoms with van der Waals surface area (Å²) in [6.45, 7) is 0. The number of rotatable bonds is 4. The van der Waals surface area contributed by atoms with Crippen molar-refractivity contribution in [3.63, 3.8) is 0 Å². The first kappa shape index (κ1) is 10.7. The van der Waals surface area contributed by atoms with Crippen molar-refractivity contribution in [3.8, 4) is 11.8 Å². The summed E-state index contributed by atoms with van der Waals surface area (Å²) in [7, 11) is 2.76. The molecule has 6 nitrogen and oxygen atoms in total. The molecule has 2 rings (SSSR count). The molecule has 0 amide bonds. The van der Waals surface area contributed by atoms with Gasteiger partial charge in [0, 0.05) is 5.92 Å². The topological polar surface area (TPSA) is 81.5 Å². The van der Waals surface area contributed by atoms with Crippen LogP contribution in [0.3, 0.4) is 0 Å². The summed E-state index contributed by atoms with van der Waals surface area (Å²) in [6.07, 6.45) is 2.05. The summed E-state index contributed by atoms with van der Waals surface area (Å²) in [5.41, 5.74) is -0.130. The van der Waals surface area contributed by atoms with E-state index in [1.165, 1.54) is 14.2 Å². The van der Waals surface area contributed by atoms with Crippen molar-refractivity contribution in [2.75, 3.05) is 14.2 Å². The zero-order chi connectivity index (χ0) is 11.7. The molecule has 16 heavy (non-hydrogen) atoms. The largest absolute Gasteiger partial charge is 0.480 e. The molecular weight excluding hydrogens is 212 g/mol. The molecule has 1 heterocycles. The van der Waals surface area contributed by atoms with Gasteiger partial charge in [-0.2, -0.15) is 9.97 Å². The number of methoxy groups -OCH3 is 2. The Bertz CT molecular complexity index is 404. The van der Waals surface area contributed by atoms with Crippen LogP contribution in [0.1, 0.15) is 34.9 Å². The maximum atomic E-state index is 11.0. The Balaban J connectivity index is 2.53. The Morgan fingerprint density at radius 2 is 1.75 bits per heavy atom. The summed E-state index contributed by atoms with van der Waals surface area (Å²) < 4.78 is 9.91. The van der Waals surface area contributed by atoms with Crippen molar-refractivity contribution in [2.24, 2.45) is 0 Å². The molecule has 6 heteroatoms. The molecule has 0 aromatic carbocycles. The zero-order valence-corrected chi connectivity index (χ0v) is 9.06. The summed E-state index contributed by atoms with van der Waals surface area (Å²) in [5.74, 6) is -0.136. The van der Waals surface area contributed by atoms with Gasteiger partial charge in [-0.3, -0.25) is 0 Å². The molecule has 1 aliphatic rings. The van der Waals surface area contributed by atoms with E-state index in [2.05, 4.69) is 9.97 Å². The molecule has 0 spiro atoms. The monoisotopic (exact) mass is 224 g/mol. The van der Waals surface area contributed by atoms with Gasteiger partial charge in [0.1, 0.15) is 5.82 Å². The summed E-state index contributed by atoms with van der Waals surface area (Å²) >= 11 is 0.